The summed E-state index contributed by atoms with van der Waals surface area (Å²) >= 11 is 0. The maximum Gasteiger partial charge on any atom is 0.256 e. The maximum atomic E-state index is 12.6. The van der Waals surface area contributed by atoms with Crippen molar-refractivity contribution in [1.82, 2.24) is 20.2 Å². The van der Waals surface area contributed by atoms with Gasteiger partial charge in [0.05, 0.1) is 6.54 Å². The molecule has 2 aliphatic heterocycles. The number of hydrogen-bond acceptors (Lipinski definition) is 7. The average Bonchev–Trinajstić information content (AvgIpc) is 2.95. The SMILES string of the molecule is CN1CCC2(CC1)CCN(c1ccc(Nc3ncc(C(=O)NCC(F)F)c(Nc4ccccc4)n3)cc1)CC2. The summed E-state index contributed by atoms with van der Waals surface area (Å²) in [7, 11) is 2.21. The number of rotatable bonds is 8. The zero-order valence-corrected chi connectivity index (χ0v) is 22.2. The van der Waals surface area contributed by atoms with Crippen LogP contribution in [0.1, 0.15) is 36.0 Å². The van der Waals surface area contributed by atoms with Crippen LogP contribution in [-0.4, -0.2) is 67.0 Å². The highest BCUT2D eigenvalue weighted by Gasteiger charge is 2.36. The van der Waals surface area contributed by atoms with Crippen LogP contribution in [0.25, 0.3) is 0 Å². The second-order valence-corrected chi connectivity index (χ2v) is 10.5. The molecule has 39 heavy (non-hydrogen) atoms. The van der Waals surface area contributed by atoms with E-state index in [-0.39, 0.29) is 17.3 Å². The van der Waals surface area contributed by atoms with E-state index >= 15 is 0 Å². The molecule has 8 nitrogen and oxygen atoms in total. The lowest BCUT2D eigenvalue weighted by molar-refractivity contribution is 0.0892. The molecule has 206 valence electrons. The molecule has 1 amide bonds. The summed E-state index contributed by atoms with van der Waals surface area (Å²) in [5.74, 6) is -0.166. The Morgan fingerprint density at radius 2 is 1.56 bits per heavy atom. The fraction of sp³-hybridized carbons (Fsp3) is 0.414. The van der Waals surface area contributed by atoms with Crippen molar-refractivity contribution >= 4 is 34.7 Å². The lowest BCUT2D eigenvalue weighted by atomic mass is 9.71. The Hall–Kier alpha value is -3.79. The van der Waals surface area contributed by atoms with Crippen molar-refractivity contribution in [3.63, 3.8) is 0 Å². The predicted octanol–water partition coefficient (Wildman–Crippen LogP) is 5.27. The largest absolute Gasteiger partial charge is 0.371 e. The zero-order chi connectivity index (χ0) is 27.2. The first-order chi connectivity index (χ1) is 18.9. The van der Waals surface area contributed by atoms with E-state index < -0.39 is 18.9 Å². The number of halogens is 2. The topological polar surface area (TPSA) is 85.4 Å². The number of likely N-dealkylation sites (tertiary alicyclic amines) is 1. The Balaban J connectivity index is 1.25. The smallest absolute Gasteiger partial charge is 0.256 e. The third-order valence-electron chi connectivity index (χ3n) is 7.85. The lowest BCUT2D eigenvalue weighted by Crippen LogP contribution is -2.46. The van der Waals surface area contributed by atoms with Crippen molar-refractivity contribution < 1.29 is 13.6 Å². The molecule has 2 fully saturated rings. The van der Waals surface area contributed by atoms with Gasteiger partial charge in [0.15, 0.2) is 0 Å². The van der Waals surface area contributed by atoms with Crippen molar-refractivity contribution in [2.24, 2.45) is 5.41 Å². The number of carbonyl (C=O) groups is 1. The summed E-state index contributed by atoms with van der Waals surface area (Å²) in [4.78, 5) is 26.2. The van der Waals surface area contributed by atoms with E-state index in [2.05, 4.69) is 54.9 Å². The standard InChI is InChI=1S/C29H35F2N7O/c1-37-15-11-29(12-16-37)13-17-38(18-14-29)23-9-7-22(8-10-23)35-28-33-19-24(27(39)32-20-25(30)31)26(36-28)34-21-5-3-2-4-6-21/h2-10,19,25H,11-18,20H2,1H3,(H,32,39)(H2,33,34,35,36). The number of piperidine rings is 2. The van der Waals surface area contributed by atoms with Gasteiger partial charge in [-0.15, -0.1) is 0 Å². The second-order valence-electron chi connectivity index (χ2n) is 10.5. The Morgan fingerprint density at radius 3 is 2.23 bits per heavy atom. The van der Waals surface area contributed by atoms with E-state index in [0.29, 0.717) is 11.1 Å². The molecule has 0 radical (unpaired) electrons. The van der Waals surface area contributed by atoms with Crippen LogP contribution in [0.15, 0.2) is 60.8 Å². The quantitative estimate of drug-likeness (QED) is 0.362. The van der Waals surface area contributed by atoms with Gasteiger partial charge in [0.1, 0.15) is 11.4 Å². The molecule has 1 aromatic heterocycles. The van der Waals surface area contributed by atoms with Gasteiger partial charge in [-0.3, -0.25) is 4.79 Å². The summed E-state index contributed by atoms with van der Waals surface area (Å²) in [6.07, 6.45) is 3.76. The molecule has 2 saturated heterocycles. The fourth-order valence-corrected chi connectivity index (χ4v) is 5.34. The fourth-order valence-electron chi connectivity index (χ4n) is 5.34. The summed E-state index contributed by atoms with van der Waals surface area (Å²) in [5, 5.41) is 8.50. The van der Waals surface area contributed by atoms with Crippen molar-refractivity contribution in [1.29, 1.82) is 0 Å². The number of hydrogen-bond donors (Lipinski definition) is 3. The number of amides is 1. The summed E-state index contributed by atoms with van der Waals surface area (Å²) in [6, 6.07) is 17.4. The van der Waals surface area contributed by atoms with E-state index in [1.807, 2.05) is 42.5 Å². The third kappa shape index (κ3) is 6.81. The molecule has 1 spiro atoms. The van der Waals surface area contributed by atoms with Crippen LogP contribution in [0.2, 0.25) is 0 Å². The normalized spacial score (nSPS) is 17.3. The van der Waals surface area contributed by atoms with Crippen LogP contribution in [0.4, 0.5) is 37.6 Å². The van der Waals surface area contributed by atoms with Gasteiger partial charge in [0, 0.05) is 36.3 Å². The summed E-state index contributed by atoms with van der Waals surface area (Å²) in [5.41, 5.74) is 3.30. The van der Waals surface area contributed by atoms with Crippen LogP contribution in [0, 0.1) is 5.41 Å². The number of nitrogens with zero attached hydrogens (tertiary/aromatic N) is 4. The predicted molar refractivity (Wildman–Crippen MR) is 150 cm³/mol. The highest BCUT2D eigenvalue weighted by molar-refractivity contribution is 5.99. The molecule has 2 aliphatic rings. The minimum absolute atomic E-state index is 0.0767. The van der Waals surface area contributed by atoms with Crippen molar-refractivity contribution in [2.75, 3.05) is 55.3 Å². The van der Waals surface area contributed by atoms with Crippen LogP contribution in [-0.2, 0) is 0 Å². The van der Waals surface area contributed by atoms with E-state index in [1.165, 1.54) is 50.7 Å². The van der Waals surface area contributed by atoms with Gasteiger partial charge in [-0.05, 0) is 87.6 Å². The van der Waals surface area contributed by atoms with Gasteiger partial charge in [0.2, 0.25) is 5.95 Å². The van der Waals surface area contributed by atoms with Gasteiger partial charge < -0.3 is 25.8 Å². The monoisotopic (exact) mass is 535 g/mol. The Labute approximate surface area is 227 Å². The van der Waals surface area contributed by atoms with Gasteiger partial charge in [-0.1, -0.05) is 18.2 Å². The molecule has 0 aliphatic carbocycles. The molecule has 3 aromatic rings. The van der Waals surface area contributed by atoms with Gasteiger partial charge in [-0.2, -0.15) is 4.98 Å². The average molecular weight is 536 g/mol. The van der Waals surface area contributed by atoms with E-state index in [4.69, 9.17) is 0 Å². The van der Waals surface area contributed by atoms with Gasteiger partial charge >= 0.3 is 0 Å². The zero-order valence-electron chi connectivity index (χ0n) is 22.2. The molecule has 2 aromatic carbocycles. The number of alkyl halides is 2. The van der Waals surface area contributed by atoms with Crippen LogP contribution >= 0.6 is 0 Å². The van der Waals surface area contributed by atoms with E-state index in [0.717, 1.165) is 18.8 Å². The molecule has 0 unspecified atom stereocenters. The molecule has 10 heteroatoms. The Kier molecular flexibility index (Phi) is 8.21. The van der Waals surface area contributed by atoms with Gasteiger partial charge in [-0.25, -0.2) is 13.8 Å². The third-order valence-corrected chi connectivity index (χ3v) is 7.85. The van der Waals surface area contributed by atoms with Crippen LogP contribution in [0.5, 0.6) is 0 Å². The highest BCUT2D eigenvalue weighted by Crippen LogP contribution is 2.42. The number of aromatic nitrogens is 2. The van der Waals surface area contributed by atoms with E-state index in [9.17, 15) is 13.6 Å². The number of carbonyl (C=O) groups excluding carboxylic acids is 1. The highest BCUT2D eigenvalue weighted by atomic mass is 19.3. The first kappa shape index (κ1) is 26.8. The Morgan fingerprint density at radius 1 is 0.923 bits per heavy atom. The first-order valence-electron chi connectivity index (χ1n) is 13.5. The molecule has 0 bridgehead atoms. The summed E-state index contributed by atoms with van der Waals surface area (Å²) in [6.45, 7) is 3.80. The number of para-hydroxylation sites is 1. The molecule has 3 heterocycles. The second kappa shape index (κ2) is 11.9. The molecule has 0 saturated carbocycles. The van der Waals surface area contributed by atoms with Crippen molar-refractivity contribution in [2.45, 2.75) is 32.1 Å². The van der Waals surface area contributed by atoms with Crippen LogP contribution < -0.4 is 20.9 Å². The molecule has 5 rings (SSSR count). The molecule has 3 N–H and O–H groups in total. The Bertz CT molecular complexity index is 1240. The van der Waals surface area contributed by atoms with Gasteiger partial charge in [0.25, 0.3) is 12.3 Å². The number of benzene rings is 2. The van der Waals surface area contributed by atoms with E-state index in [1.54, 1.807) is 0 Å². The molecular formula is C29H35F2N7O. The lowest BCUT2D eigenvalue weighted by Gasteiger charge is -2.46. The number of anilines is 5. The van der Waals surface area contributed by atoms with Crippen molar-refractivity contribution in [3.8, 4) is 0 Å². The first-order valence-corrected chi connectivity index (χ1v) is 13.5. The number of nitrogens with one attached hydrogen (secondary N) is 3. The molecular weight excluding hydrogens is 500 g/mol. The summed E-state index contributed by atoms with van der Waals surface area (Å²) < 4.78 is 25.3. The minimum atomic E-state index is -2.65. The minimum Gasteiger partial charge on any atom is -0.371 e. The van der Waals surface area contributed by atoms with Crippen molar-refractivity contribution in [3.05, 3.63) is 66.4 Å². The van der Waals surface area contributed by atoms with Crippen LogP contribution in [0.3, 0.4) is 0 Å². The molecule has 0 atom stereocenters. The maximum absolute atomic E-state index is 12.6.